The standard InChI is InChI=1S/C9H17NO4/c1-7(3-4-9(12)13)5-10-8(11)6-14-2/h7H,3-6H2,1-2H3,(H,10,11)(H,12,13). The van der Waals surface area contributed by atoms with Gasteiger partial charge in [0.05, 0.1) is 0 Å². The van der Waals surface area contributed by atoms with Crippen molar-refractivity contribution in [2.75, 3.05) is 20.3 Å². The summed E-state index contributed by atoms with van der Waals surface area (Å²) in [5.41, 5.74) is 0. The number of nitrogens with one attached hydrogen (secondary N) is 1. The summed E-state index contributed by atoms with van der Waals surface area (Å²) in [7, 11) is 1.45. The van der Waals surface area contributed by atoms with Gasteiger partial charge in [0, 0.05) is 20.1 Å². The van der Waals surface area contributed by atoms with Crippen LogP contribution < -0.4 is 5.32 Å². The molecule has 1 amide bonds. The van der Waals surface area contributed by atoms with Gasteiger partial charge < -0.3 is 15.2 Å². The summed E-state index contributed by atoms with van der Waals surface area (Å²) >= 11 is 0. The fourth-order valence-corrected chi connectivity index (χ4v) is 0.942. The molecule has 5 heteroatoms. The van der Waals surface area contributed by atoms with Gasteiger partial charge in [0.1, 0.15) is 6.61 Å². The lowest BCUT2D eigenvalue weighted by atomic mass is 10.1. The Balaban J connectivity index is 3.48. The zero-order chi connectivity index (χ0) is 11.0. The number of hydrogen-bond acceptors (Lipinski definition) is 3. The van der Waals surface area contributed by atoms with Crippen molar-refractivity contribution in [3.8, 4) is 0 Å². The number of methoxy groups -OCH3 is 1. The molecular formula is C9H17NO4. The largest absolute Gasteiger partial charge is 0.481 e. The van der Waals surface area contributed by atoms with Crippen LogP contribution in [0, 0.1) is 5.92 Å². The second-order valence-corrected chi connectivity index (χ2v) is 3.27. The first-order valence-electron chi connectivity index (χ1n) is 4.53. The molecule has 0 aromatic rings. The monoisotopic (exact) mass is 203 g/mol. The molecule has 0 rings (SSSR count). The summed E-state index contributed by atoms with van der Waals surface area (Å²) in [5.74, 6) is -0.804. The Morgan fingerprint density at radius 2 is 2.14 bits per heavy atom. The van der Waals surface area contributed by atoms with E-state index in [0.717, 1.165) is 0 Å². The van der Waals surface area contributed by atoms with Crippen LogP contribution in [0.15, 0.2) is 0 Å². The van der Waals surface area contributed by atoms with Gasteiger partial charge in [0.15, 0.2) is 0 Å². The SMILES string of the molecule is COCC(=O)NCC(C)CCC(=O)O. The minimum Gasteiger partial charge on any atom is -0.481 e. The van der Waals surface area contributed by atoms with E-state index >= 15 is 0 Å². The second-order valence-electron chi connectivity index (χ2n) is 3.27. The molecule has 5 nitrogen and oxygen atoms in total. The summed E-state index contributed by atoms with van der Waals surface area (Å²) in [4.78, 5) is 21.2. The number of carboxylic acid groups (broad SMARTS) is 1. The van der Waals surface area contributed by atoms with Crippen molar-refractivity contribution < 1.29 is 19.4 Å². The maximum Gasteiger partial charge on any atom is 0.303 e. The lowest BCUT2D eigenvalue weighted by Crippen LogP contribution is -2.31. The maximum absolute atomic E-state index is 10.9. The van der Waals surface area contributed by atoms with E-state index in [1.165, 1.54) is 7.11 Å². The maximum atomic E-state index is 10.9. The van der Waals surface area contributed by atoms with E-state index in [4.69, 9.17) is 5.11 Å². The van der Waals surface area contributed by atoms with Crippen LogP contribution in [-0.4, -0.2) is 37.2 Å². The van der Waals surface area contributed by atoms with Crippen LogP contribution in [0.3, 0.4) is 0 Å². The Hall–Kier alpha value is -1.10. The highest BCUT2D eigenvalue weighted by Gasteiger charge is 2.07. The number of carbonyl (C=O) groups is 2. The van der Waals surface area contributed by atoms with Crippen LogP contribution in [0.2, 0.25) is 0 Å². The van der Waals surface area contributed by atoms with Gasteiger partial charge in [-0.05, 0) is 12.3 Å². The van der Waals surface area contributed by atoms with Crippen molar-refractivity contribution in [3.05, 3.63) is 0 Å². The van der Waals surface area contributed by atoms with Crippen LogP contribution in [0.5, 0.6) is 0 Å². The molecule has 0 heterocycles. The van der Waals surface area contributed by atoms with Gasteiger partial charge in [-0.2, -0.15) is 0 Å². The van der Waals surface area contributed by atoms with Crippen LogP contribution >= 0.6 is 0 Å². The predicted molar refractivity (Wildman–Crippen MR) is 50.9 cm³/mol. The van der Waals surface area contributed by atoms with Gasteiger partial charge >= 0.3 is 5.97 Å². The zero-order valence-corrected chi connectivity index (χ0v) is 8.58. The second kappa shape index (κ2) is 7.32. The van der Waals surface area contributed by atoms with Gasteiger partial charge in [0.25, 0.3) is 0 Å². The first kappa shape index (κ1) is 12.9. The molecule has 82 valence electrons. The molecule has 0 saturated heterocycles. The molecule has 2 N–H and O–H groups in total. The van der Waals surface area contributed by atoms with Gasteiger partial charge in [-0.15, -0.1) is 0 Å². The molecule has 0 fully saturated rings. The van der Waals surface area contributed by atoms with E-state index in [-0.39, 0.29) is 24.9 Å². The molecule has 0 aromatic heterocycles. The highest BCUT2D eigenvalue weighted by atomic mass is 16.5. The lowest BCUT2D eigenvalue weighted by molar-refractivity contribution is -0.137. The Kier molecular flexibility index (Phi) is 6.74. The number of hydrogen-bond donors (Lipinski definition) is 2. The van der Waals surface area contributed by atoms with Crippen LogP contribution in [0.4, 0.5) is 0 Å². The normalized spacial score (nSPS) is 12.1. The third-order valence-corrected chi connectivity index (χ3v) is 1.77. The Morgan fingerprint density at radius 3 is 2.64 bits per heavy atom. The highest BCUT2D eigenvalue weighted by Crippen LogP contribution is 2.03. The smallest absolute Gasteiger partial charge is 0.303 e. The van der Waals surface area contributed by atoms with Gasteiger partial charge in [-0.1, -0.05) is 6.92 Å². The topological polar surface area (TPSA) is 75.6 Å². The van der Waals surface area contributed by atoms with Crippen molar-refractivity contribution >= 4 is 11.9 Å². The number of rotatable bonds is 7. The first-order chi connectivity index (χ1) is 6.56. The molecule has 0 aliphatic heterocycles. The first-order valence-corrected chi connectivity index (χ1v) is 4.53. The average molecular weight is 203 g/mol. The molecule has 1 atom stereocenters. The summed E-state index contributed by atoms with van der Waals surface area (Å²) in [6.45, 7) is 2.44. The van der Waals surface area contributed by atoms with E-state index in [9.17, 15) is 9.59 Å². The molecule has 1 unspecified atom stereocenters. The number of amides is 1. The highest BCUT2D eigenvalue weighted by molar-refractivity contribution is 5.77. The number of ether oxygens (including phenoxy) is 1. The fraction of sp³-hybridized carbons (Fsp3) is 0.778. The minimum absolute atomic E-state index is 0.0473. The number of carboxylic acids is 1. The quantitative estimate of drug-likeness (QED) is 0.622. The molecule has 0 aromatic carbocycles. The summed E-state index contributed by atoms with van der Waals surface area (Å²) in [6, 6.07) is 0. The van der Waals surface area contributed by atoms with Crippen molar-refractivity contribution in [2.24, 2.45) is 5.92 Å². The number of aliphatic carboxylic acids is 1. The van der Waals surface area contributed by atoms with Gasteiger partial charge in [-0.3, -0.25) is 9.59 Å². The summed E-state index contributed by atoms with van der Waals surface area (Å²) in [6.07, 6.45) is 0.712. The molecule has 0 spiro atoms. The number of carbonyl (C=O) groups excluding carboxylic acids is 1. The van der Waals surface area contributed by atoms with Crippen LogP contribution in [-0.2, 0) is 14.3 Å². The van der Waals surface area contributed by atoms with Crippen LogP contribution in [0.1, 0.15) is 19.8 Å². The summed E-state index contributed by atoms with van der Waals surface area (Å²) < 4.78 is 4.63. The molecule has 0 aliphatic rings. The lowest BCUT2D eigenvalue weighted by Gasteiger charge is -2.10. The average Bonchev–Trinajstić information content (AvgIpc) is 2.12. The minimum atomic E-state index is -0.805. The van der Waals surface area contributed by atoms with Crippen molar-refractivity contribution in [1.29, 1.82) is 0 Å². The predicted octanol–water partition coefficient (Wildman–Crippen LogP) is 0.250. The molecule has 0 saturated carbocycles. The van der Waals surface area contributed by atoms with Crippen molar-refractivity contribution in [2.45, 2.75) is 19.8 Å². The fourth-order valence-electron chi connectivity index (χ4n) is 0.942. The Labute approximate surface area is 83.4 Å². The van der Waals surface area contributed by atoms with E-state index in [1.54, 1.807) is 0 Å². The molecule has 0 radical (unpaired) electrons. The van der Waals surface area contributed by atoms with E-state index in [2.05, 4.69) is 10.1 Å². The van der Waals surface area contributed by atoms with Gasteiger partial charge in [0.2, 0.25) is 5.91 Å². The Bertz CT molecular complexity index is 193. The zero-order valence-electron chi connectivity index (χ0n) is 8.58. The third-order valence-electron chi connectivity index (χ3n) is 1.77. The third kappa shape index (κ3) is 7.54. The molecular weight excluding hydrogens is 186 g/mol. The summed E-state index contributed by atoms with van der Waals surface area (Å²) in [5, 5.41) is 11.1. The van der Waals surface area contributed by atoms with Crippen LogP contribution in [0.25, 0.3) is 0 Å². The van der Waals surface area contributed by atoms with Gasteiger partial charge in [-0.25, -0.2) is 0 Å². The molecule has 0 bridgehead atoms. The van der Waals surface area contributed by atoms with E-state index < -0.39 is 5.97 Å². The van der Waals surface area contributed by atoms with Crippen molar-refractivity contribution in [1.82, 2.24) is 5.32 Å². The van der Waals surface area contributed by atoms with E-state index in [0.29, 0.717) is 13.0 Å². The van der Waals surface area contributed by atoms with E-state index in [1.807, 2.05) is 6.92 Å². The molecule has 14 heavy (non-hydrogen) atoms. The Morgan fingerprint density at radius 1 is 1.50 bits per heavy atom. The van der Waals surface area contributed by atoms with Crippen molar-refractivity contribution in [3.63, 3.8) is 0 Å². The molecule has 0 aliphatic carbocycles.